The average Bonchev–Trinajstić information content (AvgIpc) is 3.40. The van der Waals surface area contributed by atoms with E-state index in [9.17, 15) is 5.26 Å². The number of nitriles is 1. The van der Waals surface area contributed by atoms with Gasteiger partial charge in [-0.2, -0.15) is 10.4 Å². The van der Waals surface area contributed by atoms with E-state index in [0.717, 1.165) is 22.3 Å². The second-order valence-corrected chi connectivity index (χ2v) is 11.8. The molecule has 0 bridgehead atoms. The smallest absolute Gasteiger partial charge is 0.141 e. The minimum absolute atomic E-state index is 0.0475. The molecule has 6 nitrogen and oxygen atoms in total. The monoisotopic (exact) mass is 414 g/mol. The Morgan fingerprint density at radius 3 is 2.19 bits per heavy atom. The molecule has 0 amide bonds. The molecule has 4 rings (SSSR count). The molecule has 1 N–H and O–H groups in total. The number of aromatic nitrogens is 5. The standard InChI is InChI=1S/C17H27B9N6/c18-13(14(19,20)16(23,24)17(25,26)15(13,21)22)10(1-3-27)32-6-8(5-31-32)11-9-2-4-28-12(9)30-7-29-11/h2,4-7,10H,1,18-26H2,(H,28,29,30)/t10-/m1/s1. The number of hydrogen-bond donors (Lipinski definition) is 1. The normalized spacial score (nSPS) is 22.8. The molecule has 1 aliphatic rings. The Labute approximate surface area is 198 Å². The van der Waals surface area contributed by atoms with Gasteiger partial charge in [0.15, 0.2) is 0 Å². The third-order valence-electron chi connectivity index (χ3n) is 10.8. The zero-order valence-corrected chi connectivity index (χ0v) is 20.9. The summed E-state index contributed by atoms with van der Waals surface area (Å²) in [6, 6.07) is 4.40. The maximum atomic E-state index is 9.89. The summed E-state index contributed by atoms with van der Waals surface area (Å²) in [6.07, 6.45) is 7.79. The molecule has 1 aliphatic carbocycles. The Bertz CT molecular complexity index is 1200. The van der Waals surface area contributed by atoms with Crippen LogP contribution in [0.5, 0.6) is 0 Å². The van der Waals surface area contributed by atoms with Gasteiger partial charge < -0.3 is 4.98 Å². The van der Waals surface area contributed by atoms with E-state index in [1.807, 2.05) is 23.1 Å². The van der Waals surface area contributed by atoms with Gasteiger partial charge in [0.1, 0.15) is 19.8 Å². The molecule has 0 aliphatic heterocycles. The van der Waals surface area contributed by atoms with Gasteiger partial charge in [0.05, 0.1) is 93.2 Å². The summed E-state index contributed by atoms with van der Waals surface area (Å²) in [6.45, 7) is 0. The van der Waals surface area contributed by atoms with Crippen molar-refractivity contribution in [1.29, 1.82) is 5.26 Å². The van der Waals surface area contributed by atoms with Gasteiger partial charge in [-0.15, -0.1) is 10.4 Å². The molecule has 3 heterocycles. The first-order valence-electron chi connectivity index (χ1n) is 11.5. The minimum Gasteiger partial charge on any atom is -0.346 e. The fourth-order valence-electron chi connectivity index (χ4n) is 6.86. The van der Waals surface area contributed by atoms with Crippen LogP contribution in [0.2, 0.25) is 26.2 Å². The lowest BCUT2D eigenvalue weighted by Gasteiger charge is -2.55. The highest BCUT2D eigenvalue weighted by Crippen LogP contribution is 2.88. The van der Waals surface area contributed by atoms with Crippen LogP contribution in [0.3, 0.4) is 0 Å². The minimum atomic E-state index is -0.193. The van der Waals surface area contributed by atoms with E-state index >= 15 is 0 Å². The van der Waals surface area contributed by atoms with Crippen LogP contribution in [0.25, 0.3) is 22.3 Å². The molecule has 3 aromatic rings. The maximum absolute atomic E-state index is 9.89. The Hall–Kier alpha value is -2.10. The van der Waals surface area contributed by atoms with Crippen LogP contribution in [-0.4, -0.2) is 95.3 Å². The van der Waals surface area contributed by atoms with Crippen molar-refractivity contribution in [2.45, 2.75) is 38.6 Å². The van der Waals surface area contributed by atoms with Gasteiger partial charge >= 0.3 is 0 Å². The predicted molar refractivity (Wildman–Crippen MR) is 155 cm³/mol. The summed E-state index contributed by atoms with van der Waals surface area (Å²) in [4.78, 5) is 12.0. The second-order valence-electron chi connectivity index (χ2n) is 11.8. The average molecular weight is 413 g/mol. The molecular formula is C17H27B9N6. The highest BCUT2D eigenvalue weighted by Gasteiger charge is 2.73. The van der Waals surface area contributed by atoms with E-state index in [2.05, 4.69) is 97.8 Å². The SMILES string of the molecule is BC1(B)C(B)(B)C(B)(B)C(B)([C@@H](CC#N)n2cc(-c3ncnc4[nH]ccc34)cn2)C1(B)B. The van der Waals surface area contributed by atoms with Crippen LogP contribution in [0, 0.1) is 11.3 Å². The molecule has 0 spiro atoms. The van der Waals surface area contributed by atoms with Crippen LogP contribution in [0.4, 0.5) is 0 Å². The first-order chi connectivity index (χ1) is 14.8. The molecule has 1 atom stereocenters. The van der Waals surface area contributed by atoms with E-state index in [0.29, 0.717) is 6.42 Å². The lowest BCUT2D eigenvalue weighted by molar-refractivity contribution is 0.303. The molecule has 32 heavy (non-hydrogen) atoms. The molecule has 152 valence electrons. The first kappa shape index (κ1) is 23.1. The largest absolute Gasteiger partial charge is 0.346 e. The van der Waals surface area contributed by atoms with Gasteiger partial charge in [-0.1, -0.05) is 15.7 Å². The molecule has 0 saturated heterocycles. The summed E-state index contributed by atoms with van der Waals surface area (Å²) < 4.78 is 2.03. The molecule has 1 saturated carbocycles. The van der Waals surface area contributed by atoms with Crippen molar-refractivity contribution in [3.8, 4) is 17.3 Å². The summed E-state index contributed by atoms with van der Waals surface area (Å²) in [5, 5.41) is 15.5. The summed E-state index contributed by atoms with van der Waals surface area (Å²) in [5.74, 6) is 0. The molecule has 0 radical (unpaired) electrons. The van der Waals surface area contributed by atoms with Gasteiger partial charge in [0.2, 0.25) is 0 Å². The van der Waals surface area contributed by atoms with Crippen molar-refractivity contribution in [2.75, 3.05) is 0 Å². The molecule has 3 aromatic heterocycles. The Morgan fingerprint density at radius 1 is 0.969 bits per heavy atom. The van der Waals surface area contributed by atoms with Gasteiger partial charge in [-0.05, 0) is 6.07 Å². The molecule has 1 fully saturated rings. The quantitative estimate of drug-likeness (QED) is 0.434. The van der Waals surface area contributed by atoms with Crippen LogP contribution in [0.1, 0.15) is 12.5 Å². The highest BCUT2D eigenvalue weighted by atomic mass is 15.3. The van der Waals surface area contributed by atoms with Gasteiger partial charge in [0, 0.05) is 23.3 Å². The van der Waals surface area contributed by atoms with Crippen molar-refractivity contribution >= 4 is 81.6 Å². The first-order valence-corrected chi connectivity index (χ1v) is 11.5. The number of hydrogen-bond acceptors (Lipinski definition) is 4. The van der Waals surface area contributed by atoms with E-state index < -0.39 is 0 Å². The Balaban J connectivity index is 1.89. The van der Waals surface area contributed by atoms with Crippen molar-refractivity contribution in [1.82, 2.24) is 24.7 Å². The number of rotatable bonds is 4. The van der Waals surface area contributed by atoms with Crippen molar-refractivity contribution < 1.29 is 0 Å². The lowest BCUT2D eigenvalue weighted by atomic mass is 9.17. The molecular weight excluding hydrogens is 386 g/mol. The van der Waals surface area contributed by atoms with Crippen molar-refractivity contribution in [2.24, 2.45) is 0 Å². The Morgan fingerprint density at radius 2 is 1.59 bits per heavy atom. The van der Waals surface area contributed by atoms with E-state index in [1.54, 1.807) is 6.33 Å². The molecule has 0 unspecified atom stereocenters. The van der Waals surface area contributed by atoms with E-state index in [4.69, 9.17) is 5.10 Å². The van der Waals surface area contributed by atoms with Crippen LogP contribution >= 0.6 is 0 Å². The summed E-state index contributed by atoms with van der Waals surface area (Å²) >= 11 is 0. The van der Waals surface area contributed by atoms with E-state index in [1.165, 1.54) is 0 Å². The fraction of sp³-hybridized carbons (Fsp3) is 0.412. The number of nitrogens with zero attached hydrogens (tertiary/aromatic N) is 5. The van der Waals surface area contributed by atoms with Crippen molar-refractivity contribution in [3.05, 3.63) is 31.0 Å². The van der Waals surface area contributed by atoms with E-state index in [-0.39, 0.29) is 32.2 Å². The lowest BCUT2D eigenvalue weighted by Crippen LogP contribution is -2.45. The van der Waals surface area contributed by atoms with Gasteiger partial charge in [0.25, 0.3) is 0 Å². The fourth-order valence-corrected chi connectivity index (χ4v) is 6.86. The van der Waals surface area contributed by atoms with Crippen LogP contribution in [-0.2, 0) is 0 Å². The number of nitrogens with one attached hydrogen (secondary N) is 1. The summed E-state index contributed by atoms with van der Waals surface area (Å²) in [7, 11) is 21.5. The Kier molecular flexibility index (Phi) is 5.01. The van der Waals surface area contributed by atoms with Crippen LogP contribution in [0.15, 0.2) is 31.0 Å². The predicted octanol–water partition coefficient (Wildman–Crippen LogP) is -5.39. The number of aromatic amines is 1. The van der Waals surface area contributed by atoms with Crippen molar-refractivity contribution in [3.63, 3.8) is 0 Å². The summed E-state index contributed by atoms with van der Waals surface area (Å²) in [5.41, 5.74) is 2.61. The molecule has 0 aromatic carbocycles. The third kappa shape index (κ3) is 2.56. The zero-order valence-electron chi connectivity index (χ0n) is 20.9. The number of H-pyrrole nitrogens is 1. The van der Waals surface area contributed by atoms with Gasteiger partial charge in [-0.25, -0.2) is 9.97 Å². The zero-order chi connectivity index (χ0) is 23.7. The maximum Gasteiger partial charge on any atom is 0.141 e. The number of fused-ring (bicyclic) bond motifs is 1. The van der Waals surface area contributed by atoms with Gasteiger partial charge in [-0.3, -0.25) is 4.68 Å². The van der Waals surface area contributed by atoms with Crippen LogP contribution < -0.4 is 0 Å². The topological polar surface area (TPSA) is 83.2 Å². The highest BCUT2D eigenvalue weighted by molar-refractivity contribution is 6.71. The third-order valence-corrected chi connectivity index (χ3v) is 10.8. The molecule has 15 heteroatoms. The second kappa shape index (κ2) is 6.95.